The molecule has 2 aromatic rings. The number of nitrogen functional groups attached to an aromatic ring is 1. The summed E-state index contributed by atoms with van der Waals surface area (Å²) in [5.41, 5.74) is 2.42. The van der Waals surface area contributed by atoms with Crippen molar-refractivity contribution < 1.29 is 0 Å². The van der Waals surface area contributed by atoms with Gasteiger partial charge in [0, 0.05) is 25.0 Å². The van der Waals surface area contributed by atoms with Gasteiger partial charge in [0.2, 0.25) is 5.95 Å². The zero-order valence-corrected chi connectivity index (χ0v) is 9.09. The van der Waals surface area contributed by atoms with Gasteiger partial charge in [-0.2, -0.15) is 4.98 Å². The number of hydrogen-bond acceptors (Lipinski definition) is 5. The zero-order chi connectivity index (χ0) is 11.4. The number of imidazole rings is 1. The molecule has 0 aliphatic rings. The number of nitrogens with zero attached hydrogens (tertiary/aromatic N) is 4. The summed E-state index contributed by atoms with van der Waals surface area (Å²) >= 11 is 0. The second-order valence-corrected chi connectivity index (χ2v) is 3.35. The Morgan fingerprint density at radius 3 is 3.00 bits per heavy atom. The first-order chi connectivity index (χ1) is 7.85. The minimum atomic E-state index is 0.397. The molecule has 16 heavy (non-hydrogen) atoms. The molecule has 0 aromatic carbocycles. The van der Waals surface area contributed by atoms with Gasteiger partial charge >= 0.3 is 0 Å². The van der Waals surface area contributed by atoms with Crippen LogP contribution >= 0.6 is 0 Å². The molecule has 3 N–H and O–H groups in total. The van der Waals surface area contributed by atoms with Crippen LogP contribution in [0.5, 0.6) is 0 Å². The van der Waals surface area contributed by atoms with E-state index in [0.29, 0.717) is 5.95 Å². The van der Waals surface area contributed by atoms with Gasteiger partial charge in [0.25, 0.3) is 0 Å². The van der Waals surface area contributed by atoms with Crippen LogP contribution in [-0.2, 0) is 6.42 Å². The maximum Gasteiger partial charge on any atom is 0.239 e. The molecule has 2 aromatic heterocycles. The third-order valence-corrected chi connectivity index (χ3v) is 2.21. The van der Waals surface area contributed by atoms with E-state index in [2.05, 4.69) is 27.3 Å². The van der Waals surface area contributed by atoms with Crippen molar-refractivity contribution in [2.24, 2.45) is 5.84 Å². The van der Waals surface area contributed by atoms with Gasteiger partial charge in [0.15, 0.2) is 0 Å². The number of hydrogen-bond donors (Lipinski definition) is 2. The summed E-state index contributed by atoms with van der Waals surface area (Å²) in [5.74, 6) is 7.42. The van der Waals surface area contributed by atoms with Crippen LogP contribution < -0.4 is 11.3 Å². The highest BCUT2D eigenvalue weighted by Gasteiger charge is 2.05. The largest absolute Gasteiger partial charge is 0.292 e. The average Bonchev–Trinajstić information content (AvgIpc) is 2.78. The zero-order valence-electron chi connectivity index (χ0n) is 9.09. The molecular weight excluding hydrogens is 204 g/mol. The molecule has 0 fully saturated rings. The van der Waals surface area contributed by atoms with Crippen molar-refractivity contribution in [3.63, 3.8) is 0 Å². The second-order valence-electron chi connectivity index (χ2n) is 3.35. The van der Waals surface area contributed by atoms with Crippen LogP contribution in [0.3, 0.4) is 0 Å². The standard InChI is InChI=1S/C10H14N6/c1-2-3-8-12-6-7-16(8)9-4-5-13-10(14-9)15-11/h4-7H,2-3,11H2,1H3,(H,13,14,15). The molecule has 6 nitrogen and oxygen atoms in total. The molecule has 0 amide bonds. The van der Waals surface area contributed by atoms with E-state index in [1.165, 1.54) is 0 Å². The summed E-state index contributed by atoms with van der Waals surface area (Å²) in [6.45, 7) is 2.12. The minimum absolute atomic E-state index is 0.397. The highest BCUT2D eigenvalue weighted by molar-refractivity contribution is 5.31. The molecule has 0 atom stereocenters. The Hall–Kier alpha value is -1.95. The van der Waals surface area contributed by atoms with E-state index in [4.69, 9.17) is 5.84 Å². The first-order valence-electron chi connectivity index (χ1n) is 5.17. The third-order valence-electron chi connectivity index (χ3n) is 2.21. The smallest absolute Gasteiger partial charge is 0.239 e. The van der Waals surface area contributed by atoms with E-state index in [0.717, 1.165) is 24.5 Å². The number of nitrogens with two attached hydrogens (primary N) is 1. The van der Waals surface area contributed by atoms with E-state index >= 15 is 0 Å². The quantitative estimate of drug-likeness (QED) is 0.588. The molecule has 84 valence electrons. The van der Waals surface area contributed by atoms with Crippen LogP contribution in [0.25, 0.3) is 5.82 Å². The summed E-state index contributed by atoms with van der Waals surface area (Å²) < 4.78 is 1.94. The van der Waals surface area contributed by atoms with E-state index < -0.39 is 0 Å². The van der Waals surface area contributed by atoms with E-state index in [1.54, 1.807) is 12.4 Å². The molecule has 6 heteroatoms. The Labute approximate surface area is 93.5 Å². The Kier molecular flexibility index (Phi) is 3.11. The number of hydrazine groups is 1. The van der Waals surface area contributed by atoms with Gasteiger partial charge < -0.3 is 0 Å². The first kappa shape index (κ1) is 10.6. The molecule has 0 radical (unpaired) electrons. The van der Waals surface area contributed by atoms with E-state index in [-0.39, 0.29) is 0 Å². The monoisotopic (exact) mass is 218 g/mol. The van der Waals surface area contributed by atoms with Gasteiger partial charge in [-0.3, -0.25) is 9.99 Å². The van der Waals surface area contributed by atoms with Crippen molar-refractivity contribution in [1.29, 1.82) is 0 Å². The summed E-state index contributed by atoms with van der Waals surface area (Å²) in [5, 5.41) is 0. The number of aryl methyl sites for hydroxylation is 1. The van der Waals surface area contributed by atoms with Gasteiger partial charge in [0.1, 0.15) is 11.6 Å². The predicted octanol–water partition coefficient (Wildman–Crippen LogP) is 0.900. The molecule has 0 spiro atoms. The average molecular weight is 218 g/mol. The number of nitrogens with one attached hydrogen (secondary N) is 1. The van der Waals surface area contributed by atoms with Gasteiger partial charge in [-0.25, -0.2) is 15.8 Å². The van der Waals surface area contributed by atoms with Crippen LogP contribution in [0, 0.1) is 0 Å². The minimum Gasteiger partial charge on any atom is -0.292 e. The molecule has 0 unspecified atom stereocenters. The Balaban J connectivity index is 2.37. The molecule has 2 rings (SSSR count). The molecule has 0 aliphatic heterocycles. The van der Waals surface area contributed by atoms with Crippen LogP contribution in [0.15, 0.2) is 24.7 Å². The van der Waals surface area contributed by atoms with Crippen molar-refractivity contribution in [1.82, 2.24) is 19.5 Å². The number of anilines is 1. The molecule has 2 heterocycles. The first-order valence-corrected chi connectivity index (χ1v) is 5.17. The summed E-state index contributed by atoms with van der Waals surface area (Å²) in [7, 11) is 0. The molecule has 0 saturated carbocycles. The van der Waals surface area contributed by atoms with Crippen LogP contribution in [0.2, 0.25) is 0 Å². The van der Waals surface area contributed by atoms with E-state index in [1.807, 2.05) is 16.8 Å². The molecule has 0 saturated heterocycles. The maximum atomic E-state index is 5.27. The second kappa shape index (κ2) is 4.71. The van der Waals surface area contributed by atoms with Gasteiger partial charge in [-0.1, -0.05) is 6.92 Å². The van der Waals surface area contributed by atoms with Crippen molar-refractivity contribution in [2.45, 2.75) is 19.8 Å². The highest BCUT2D eigenvalue weighted by atomic mass is 15.3. The van der Waals surface area contributed by atoms with Gasteiger partial charge in [0.05, 0.1) is 0 Å². The fraction of sp³-hybridized carbons (Fsp3) is 0.300. The Morgan fingerprint density at radius 1 is 1.38 bits per heavy atom. The van der Waals surface area contributed by atoms with Crippen molar-refractivity contribution in [3.05, 3.63) is 30.5 Å². The maximum absolute atomic E-state index is 5.27. The summed E-state index contributed by atoms with van der Waals surface area (Å²) in [6.07, 6.45) is 7.27. The lowest BCUT2D eigenvalue weighted by molar-refractivity contribution is 0.796. The lowest BCUT2D eigenvalue weighted by Gasteiger charge is -2.06. The van der Waals surface area contributed by atoms with Gasteiger partial charge in [-0.05, 0) is 12.5 Å². The van der Waals surface area contributed by atoms with Crippen molar-refractivity contribution >= 4 is 5.95 Å². The Bertz CT molecular complexity index is 464. The topological polar surface area (TPSA) is 81.7 Å². The third kappa shape index (κ3) is 2.01. The summed E-state index contributed by atoms with van der Waals surface area (Å²) in [4.78, 5) is 12.5. The predicted molar refractivity (Wildman–Crippen MR) is 61.0 cm³/mol. The van der Waals surface area contributed by atoms with E-state index in [9.17, 15) is 0 Å². The van der Waals surface area contributed by atoms with Crippen molar-refractivity contribution in [3.8, 4) is 5.82 Å². The normalized spacial score (nSPS) is 10.4. The fourth-order valence-corrected chi connectivity index (χ4v) is 1.50. The van der Waals surface area contributed by atoms with Gasteiger partial charge in [-0.15, -0.1) is 0 Å². The molecule has 0 bridgehead atoms. The highest BCUT2D eigenvalue weighted by Crippen LogP contribution is 2.10. The van der Waals surface area contributed by atoms with Crippen molar-refractivity contribution in [2.75, 3.05) is 5.43 Å². The molecule has 0 aliphatic carbocycles. The summed E-state index contributed by atoms with van der Waals surface area (Å²) in [6, 6.07) is 1.82. The lowest BCUT2D eigenvalue weighted by Crippen LogP contribution is -2.12. The molecular formula is C10H14N6. The van der Waals surface area contributed by atoms with Crippen LogP contribution in [0.1, 0.15) is 19.2 Å². The number of aromatic nitrogens is 4. The number of rotatable bonds is 4. The SMILES string of the molecule is CCCc1nccn1-c1ccnc(NN)n1. The Morgan fingerprint density at radius 2 is 2.25 bits per heavy atom. The van der Waals surface area contributed by atoms with Crippen LogP contribution in [0.4, 0.5) is 5.95 Å². The lowest BCUT2D eigenvalue weighted by atomic mass is 10.3. The van der Waals surface area contributed by atoms with Crippen LogP contribution in [-0.4, -0.2) is 19.5 Å². The fourth-order valence-electron chi connectivity index (χ4n) is 1.50.